The molecule has 0 amide bonds. The van der Waals surface area contributed by atoms with Crippen LogP contribution in [-0.2, 0) is 16.6 Å². The van der Waals surface area contributed by atoms with Crippen LogP contribution in [-0.4, -0.2) is 30.6 Å². The lowest BCUT2D eigenvalue weighted by atomic mass is 10.3. The van der Waals surface area contributed by atoms with Crippen molar-refractivity contribution < 1.29 is 8.42 Å². The Morgan fingerprint density at radius 2 is 2.22 bits per heavy atom. The molecule has 0 aliphatic heterocycles. The van der Waals surface area contributed by atoms with Crippen LogP contribution in [0.1, 0.15) is 32.5 Å². The van der Waals surface area contributed by atoms with Crippen LogP contribution < -0.4 is 10.5 Å². The van der Waals surface area contributed by atoms with Crippen LogP contribution in [0, 0.1) is 6.92 Å². The van der Waals surface area contributed by atoms with Crippen molar-refractivity contribution in [2.24, 2.45) is 5.73 Å². The van der Waals surface area contributed by atoms with Gasteiger partial charge in [0.1, 0.15) is 5.82 Å². The van der Waals surface area contributed by atoms with Crippen LogP contribution in [0.2, 0.25) is 0 Å². The first-order chi connectivity index (χ1) is 8.40. The summed E-state index contributed by atoms with van der Waals surface area (Å²) in [5, 5.41) is 0.0809. The summed E-state index contributed by atoms with van der Waals surface area (Å²) < 4.78 is 28.5. The number of aromatic nitrogens is 2. The monoisotopic (exact) mass is 274 g/mol. The number of nitrogens with one attached hydrogen (secondary N) is 1. The van der Waals surface area contributed by atoms with E-state index in [2.05, 4.69) is 9.71 Å². The molecule has 0 saturated carbocycles. The van der Waals surface area contributed by atoms with E-state index in [1.165, 1.54) is 0 Å². The third-order valence-corrected chi connectivity index (χ3v) is 4.11. The number of nitrogens with two attached hydrogens (primary N) is 1. The summed E-state index contributed by atoms with van der Waals surface area (Å²) in [6.07, 6.45) is 3.12. The lowest BCUT2D eigenvalue weighted by Gasteiger charge is -2.11. The molecule has 0 aliphatic rings. The molecule has 1 atom stereocenters. The lowest BCUT2D eigenvalue weighted by Crippen LogP contribution is -2.34. The predicted octanol–water partition coefficient (Wildman–Crippen LogP) is 0.617. The molecule has 1 unspecified atom stereocenters. The van der Waals surface area contributed by atoms with Gasteiger partial charge in [-0.05, 0) is 33.2 Å². The fourth-order valence-corrected chi connectivity index (χ4v) is 3.00. The van der Waals surface area contributed by atoms with E-state index < -0.39 is 10.0 Å². The molecule has 1 aromatic rings. The summed E-state index contributed by atoms with van der Waals surface area (Å²) in [6.45, 7) is 6.85. The van der Waals surface area contributed by atoms with Gasteiger partial charge in [-0.3, -0.25) is 0 Å². The molecular weight excluding hydrogens is 252 g/mol. The van der Waals surface area contributed by atoms with Gasteiger partial charge in [-0.25, -0.2) is 18.1 Å². The minimum atomic E-state index is -3.54. The normalized spacial score (nSPS) is 13.8. The summed E-state index contributed by atoms with van der Waals surface area (Å²) in [6, 6.07) is -0.184. The summed E-state index contributed by atoms with van der Waals surface area (Å²) in [5.41, 5.74) is 5.40. The van der Waals surface area contributed by atoms with Crippen LogP contribution in [0.25, 0.3) is 0 Å². The van der Waals surface area contributed by atoms with Crippen molar-refractivity contribution in [2.45, 2.75) is 51.2 Å². The third-order valence-electron chi connectivity index (χ3n) is 2.65. The Kier molecular flexibility index (Phi) is 5.30. The maximum atomic E-state index is 12.1. The van der Waals surface area contributed by atoms with Gasteiger partial charge < -0.3 is 10.3 Å². The van der Waals surface area contributed by atoms with Gasteiger partial charge in [0.25, 0.3) is 10.0 Å². The summed E-state index contributed by atoms with van der Waals surface area (Å²) in [4.78, 5) is 4.10. The standard InChI is InChI=1S/C11H22N4O2S/c1-4-7-15-8-11(13-10(15)3)18(16,17)14-9(2)5-6-12/h8-9,14H,4-7,12H2,1-3H3. The van der Waals surface area contributed by atoms with Crippen molar-refractivity contribution >= 4 is 10.0 Å². The Morgan fingerprint density at radius 1 is 1.56 bits per heavy atom. The largest absolute Gasteiger partial charge is 0.334 e. The molecule has 0 saturated heterocycles. The zero-order valence-electron chi connectivity index (χ0n) is 11.2. The Morgan fingerprint density at radius 3 is 2.78 bits per heavy atom. The molecule has 18 heavy (non-hydrogen) atoms. The van der Waals surface area contributed by atoms with Crippen molar-refractivity contribution in [1.29, 1.82) is 0 Å². The zero-order chi connectivity index (χ0) is 13.8. The fourth-order valence-electron chi connectivity index (χ4n) is 1.71. The molecule has 1 heterocycles. The van der Waals surface area contributed by atoms with Gasteiger partial charge in [0.15, 0.2) is 5.03 Å². The van der Waals surface area contributed by atoms with Crippen LogP contribution >= 0.6 is 0 Å². The van der Waals surface area contributed by atoms with Gasteiger partial charge in [0, 0.05) is 18.8 Å². The van der Waals surface area contributed by atoms with Gasteiger partial charge in [-0.15, -0.1) is 0 Å². The average molecular weight is 274 g/mol. The molecule has 0 bridgehead atoms. The van der Waals surface area contributed by atoms with E-state index in [0.29, 0.717) is 18.8 Å². The number of nitrogens with zero attached hydrogens (tertiary/aromatic N) is 2. The van der Waals surface area contributed by atoms with E-state index in [0.717, 1.165) is 13.0 Å². The van der Waals surface area contributed by atoms with Crippen molar-refractivity contribution in [1.82, 2.24) is 14.3 Å². The van der Waals surface area contributed by atoms with E-state index >= 15 is 0 Å². The first kappa shape index (κ1) is 15.1. The summed E-state index contributed by atoms with van der Waals surface area (Å²) >= 11 is 0. The van der Waals surface area contributed by atoms with Crippen LogP contribution in [0.5, 0.6) is 0 Å². The molecular formula is C11H22N4O2S. The van der Waals surface area contributed by atoms with Crippen molar-refractivity contribution in [3.63, 3.8) is 0 Å². The maximum Gasteiger partial charge on any atom is 0.259 e. The van der Waals surface area contributed by atoms with Gasteiger partial charge in [-0.1, -0.05) is 6.92 Å². The summed E-state index contributed by atoms with van der Waals surface area (Å²) in [5.74, 6) is 0.712. The van der Waals surface area contributed by atoms with E-state index in [9.17, 15) is 8.42 Å². The van der Waals surface area contributed by atoms with Gasteiger partial charge >= 0.3 is 0 Å². The molecule has 104 valence electrons. The highest BCUT2D eigenvalue weighted by Gasteiger charge is 2.20. The first-order valence-electron chi connectivity index (χ1n) is 6.17. The van der Waals surface area contributed by atoms with Crippen molar-refractivity contribution in [3.8, 4) is 0 Å². The minimum Gasteiger partial charge on any atom is -0.334 e. The Bertz CT molecular complexity index is 481. The number of hydrogen-bond donors (Lipinski definition) is 2. The molecule has 0 aromatic carbocycles. The van der Waals surface area contributed by atoms with E-state index in [-0.39, 0.29) is 11.1 Å². The van der Waals surface area contributed by atoms with Crippen LogP contribution in [0.3, 0.4) is 0 Å². The molecule has 1 aromatic heterocycles. The Balaban J connectivity index is 2.88. The number of aryl methyl sites for hydroxylation is 2. The van der Waals surface area contributed by atoms with Crippen LogP contribution in [0.15, 0.2) is 11.2 Å². The average Bonchev–Trinajstić information content (AvgIpc) is 2.61. The molecule has 0 radical (unpaired) electrons. The van der Waals surface area contributed by atoms with E-state index in [1.807, 2.05) is 11.5 Å². The number of rotatable bonds is 7. The highest BCUT2D eigenvalue weighted by molar-refractivity contribution is 7.89. The second-order valence-electron chi connectivity index (χ2n) is 4.42. The molecule has 0 fully saturated rings. The highest BCUT2D eigenvalue weighted by Crippen LogP contribution is 2.10. The molecule has 0 aliphatic carbocycles. The van der Waals surface area contributed by atoms with E-state index in [4.69, 9.17) is 5.73 Å². The van der Waals surface area contributed by atoms with Crippen LogP contribution in [0.4, 0.5) is 0 Å². The number of sulfonamides is 1. The first-order valence-corrected chi connectivity index (χ1v) is 7.65. The molecule has 6 nitrogen and oxygen atoms in total. The lowest BCUT2D eigenvalue weighted by molar-refractivity contribution is 0.547. The third kappa shape index (κ3) is 3.79. The van der Waals surface area contributed by atoms with Gasteiger partial charge in [-0.2, -0.15) is 0 Å². The maximum absolute atomic E-state index is 12.1. The van der Waals surface area contributed by atoms with Gasteiger partial charge in [0.2, 0.25) is 0 Å². The highest BCUT2D eigenvalue weighted by atomic mass is 32.2. The second kappa shape index (κ2) is 6.31. The topological polar surface area (TPSA) is 90.0 Å². The number of hydrogen-bond acceptors (Lipinski definition) is 4. The predicted molar refractivity (Wildman–Crippen MR) is 70.7 cm³/mol. The fraction of sp³-hybridized carbons (Fsp3) is 0.727. The van der Waals surface area contributed by atoms with E-state index in [1.54, 1.807) is 20.0 Å². The second-order valence-corrected chi connectivity index (χ2v) is 6.08. The number of imidazole rings is 1. The summed E-state index contributed by atoms with van der Waals surface area (Å²) in [7, 11) is -3.54. The van der Waals surface area contributed by atoms with Gasteiger partial charge in [0.05, 0.1) is 0 Å². The smallest absolute Gasteiger partial charge is 0.259 e. The molecule has 7 heteroatoms. The zero-order valence-corrected chi connectivity index (χ0v) is 12.0. The Labute approximate surface area is 109 Å². The minimum absolute atomic E-state index is 0.0809. The van der Waals surface area contributed by atoms with Crippen molar-refractivity contribution in [2.75, 3.05) is 6.54 Å². The molecule has 3 N–H and O–H groups in total. The van der Waals surface area contributed by atoms with Crippen molar-refractivity contribution in [3.05, 3.63) is 12.0 Å². The SMILES string of the molecule is CCCn1cc(S(=O)(=O)NC(C)CCN)nc1C. The Hall–Kier alpha value is -0.920. The quantitative estimate of drug-likeness (QED) is 0.762. The molecule has 1 rings (SSSR count). The molecule has 0 spiro atoms.